The first-order chi connectivity index (χ1) is 12.8. The average molecular weight is 354 g/mol. The van der Waals surface area contributed by atoms with Crippen molar-refractivity contribution in [3.8, 4) is 5.75 Å². The van der Waals surface area contributed by atoms with Gasteiger partial charge in [-0.15, -0.1) is 0 Å². The second kappa shape index (κ2) is 9.58. The predicted molar refractivity (Wildman–Crippen MR) is 107 cm³/mol. The summed E-state index contributed by atoms with van der Waals surface area (Å²) in [6.07, 6.45) is 5.19. The molecule has 1 aliphatic rings. The van der Waals surface area contributed by atoms with Gasteiger partial charge in [0, 0.05) is 6.54 Å². The van der Waals surface area contributed by atoms with Gasteiger partial charge in [-0.1, -0.05) is 43.7 Å². The summed E-state index contributed by atoms with van der Waals surface area (Å²) in [5, 5.41) is 5.34. The molecule has 3 rings (SSSR count). The Morgan fingerprint density at radius 1 is 1.12 bits per heavy atom. The fraction of sp³-hybridized carbons (Fsp3) is 0.500. The van der Waals surface area contributed by atoms with Crippen molar-refractivity contribution >= 4 is 16.7 Å². The number of nitrogens with zero attached hydrogens (tertiary/aromatic N) is 1. The molecule has 0 radical (unpaired) electrons. The summed E-state index contributed by atoms with van der Waals surface area (Å²) in [7, 11) is 0. The molecule has 1 heterocycles. The van der Waals surface area contributed by atoms with Gasteiger partial charge >= 0.3 is 0 Å². The van der Waals surface area contributed by atoms with Gasteiger partial charge < -0.3 is 15.0 Å². The Morgan fingerprint density at radius 2 is 1.88 bits per heavy atom. The third-order valence-corrected chi connectivity index (χ3v) is 5.06. The maximum atomic E-state index is 12.4. The molecule has 26 heavy (non-hydrogen) atoms. The number of carbonyl (C=O) groups is 1. The summed E-state index contributed by atoms with van der Waals surface area (Å²) in [5.41, 5.74) is 0. The number of benzene rings is 2. The van der Waals surface area contributed by atoms with E-state index >= 15 is 0 Å². The number of likely N-dealkylation sites (tertiary alicyclic amines) is 1. The van der Waals surface area contributed by atoms with Gasteiger partial charge in [0.15, 0.2) is 6.10 Å². The van der Waals surface area contributed by atoms with Crippen molar-refractivity contribution in [1.82, 2.24) is 10.2 Å². The zero-order valence-corrected chi connectivity index (χ0v) is 15.7. The van der Waals surface area contributed by atoms with Crippen molar-refractivity contribution in [1.29, 1.82) is 0 Å². The minimum atomic E-state index is -0.439. The largest absolute Gasteiger partial charge is 0.481 e. The van der Waals surface area contributed by atoms with Gasteiger partial charge in [-0.05, 0) is 68.2 Å². The van der Waals surface area contributed by atoms with Crippen LogP contribution in [-0.2, 0) is 4.79 Å². The van der Waals surface area contributed by atoms with Gasteiger partial charge in [0.2, 0.25) is 0 Å². The SMILES string of the molecule is CCC(Oc1ccc2ccccc2c1)C(=O)NCCCN1CCCCC1. The van der Waals surface area contributed by atoms with Crippen molar-refractivity contribution < 1.29 is 9.53 Å². The van der Waals surface area contributed by atoms with Gasteiger partial charge in [-0.3, -0.25) is 4.79 Å². The van der Waals surface area contributed by atoms with Gasteiger partial charge in [0.1, 0.15) is 5.75 Å². The topological polar surface area (TPSA) is 41.6 Å². The van der Waals surface area contributed by atoms with Gasteiger partial charge in [-0.25, -0.2) is 0 Å². The summed E-state index contributed by atoms with van der Waals surface area (Å²) in [6, 6.07) is 14.1. The maximum absolute atomic E-state index is 12.4. The third kappa shape index (κ3) is 5.21. The zero-order valence-electron chi connectivity index (χ0n) is 15.7. The highest BCUT2D eigenvalue weighted by molar-refractivity contribution is 5.84. The van der Waals surface area contributed by atoms with Crippen LogP contribution in [0.4, 0.5) is 0 Å². The van der Waals surface area contributed by atoms with Gasteiger partial charge in [0.25, 0.3) is 5.91 Å². The molecule has 1 atom stereocenters. The number of amides is 1. The molecule has 1 amide bonds. The third-order valence-electron chi connectivity index (χ3n) is 5.06. The Hall–Kier alpha value is -2.07. The van der Waals surface area contributed by atoms with Crippen LogP contribution in [0, 0.1) is 0 Å². The molecule has 140 valence electrons. The van der Waals surface area contributed by atoms with E-state index in [1.165, 1.54) is 37.7 Å². The smallest absolute Gasteiger partial charge is 0.261 e. The van der Waals surface area contributed by atoms with Crippen LogP contribution < -0.4 is 10.1 Å². The van der Waals surface area contributed by atoms with E-state index in [9.17, 15) is 4.79 Å². The Balaban J connectivity index is 1.46. The van der Waals surface area contributed by atoms with Crippen molar-refractivity contribution in [2.75, 3.05) is 26.2 Å². The molecule has 1 aliphatic heterocycles. The normalized spacial score (nSPS) is 16.3. The first kappa shape index (κ1) is 18.7. The molecule has 2 aromatic carbocycles. The molecule has 0 spiro atoms. The van der Waals surface area contributed by atoms with Gasteiger partial charge in [-0.2, -0.15) is 0 Å². The molecule has 2 aromatic rings. The lowest BCUT2D eigenvalue weighted by Crippen LogP contribution is -2.39. The number of ether oxygens (including phenoxy) is 1. The molecule has 4 nitrogen and oxygen atoms in total. The molecule has 0 aromatic heterocycles. The fourth-order valence-corrected chi connectivity index (χ4v) is 3.54. The molecule has 1 N–H and O–H groups in total. The lowest BCUT2D eigenvalue weighted by atomic mass is 10.1. The minimum Gasteiger partial charge on any atom is -0.481 e. The Kier molecular flexibility index (Phi) is 6.89. The van der Waals surface area contributed by atoms with Crippen LogP contribution in [-0.4, -0.2) is 43.1 Å². The summed E-state index contributed by atoms with van der Waals surface area (Å²) >= 11 is 0. The summed E-state index contributed by atoms with van der Waals surface area (Å²) in [5.74, 6) is 0.735. The number of nitrogens with one attached hydrogen (secondary N) is 1. The number of rotatable bonds is 8. The highest BCUT2D eigenvalue weighted by Crippen LogP contribution is 2.22. The Bertz CT molecular complexity index is 710. The molecule has 0 aliphatic carbocycles. The highest BCUT2D eigenvalue weighted by atomic mass is 16.5. The Labute approximate surface area is 156 Å². The quantitative estimate of drug-likeness (QED) is 0.729. The molecule has 0 saturated carbocycles. The summed E-state index contributed by atoms with van der Waals surface area (Å²) < 4.78 is 5.96. The van der Waals surface area contributed by atoms with Crippen LogP contribution in [0.2, 0.25) is 0 Å². The van der Waals surface area contributed by atoms with Crippen LogP contribution >= 0.6 is 0 Å². The van der Waals surface area contributed by atoms with E-state index < -0.39 is 6.10 Å². The van der Waals surface area contributed by atoms with Crippen LogP contribution in [0.3, 0.4) is 0 Å². The fourth-order valence-electron chi connectivity index (χ4n) is 3.54. The second-order valence-electron chi connectivity index (χ2n) is 7.07. The average Bonchev–Trinajstić information content (AvgIpc) is 2.70. The van der Waals surface area contributed by atoms with Gasteiger partial charge in [0.05, 0.1) is 0 Å². The number of carbonyl (C=O) groups excluding carboxylic acids is 1. The van der Waals surface area contributed by atoms with Crippen molar-refractivity contribution in [2.24, 2.45) is 0 Å². The summed E-state index contributed by atoms with van der Waals surface area (Å²) in [6.45, 7) is 6.18. The molecule has 4 heteroatoms. The lowest BCUT2D eigenvalue weighted by Gasteiger charge is -2.26. The molecule has 1 fully saturated rings. The second-order valence-corrected chi connectivity index (χ2v) is 7.07. The molecule has 1 unspecified atom stereocenters. The predicted octanol–water partition coefficient (Wildman–Crippen LogP) is 3.99. The van der Waals surface area contributed by atoms with Crippen LogP contribution in [0.1, 0.15) is 39.0 Å². The highest BCUT2D eigenvalue weighted by Gasteiger charge is 2.18. The molecule has 1 saturated heterocycles. The van der Waals surface area contributed by atoms with E-state index in [1.807, 2.05) is 37.3 Å². The van der Waals surface area contributed by atoms with E-state index in [2.05, 4.69) is 22.3 Å². The van der Waals surface area contributed by atoms with Crippen LogP contribution in [0.25, 0.3) is 10.8 Å². The lowest BCUT2D eigenvalue weighted by molar-refractivity contribution is -0.128. The van der Waals surface area contributed by atoms with E-state index in [-0.39, 0.29) is 5.91 Å². The monoisotopic (exact) mass is 354 g/mol. The number of piperidine rings is 1. The molecular formula is C22H30N2O2. The Morgan fingerprint density at radius 3 is 2.65 bits per heavy atom. The minimum absolute atomic E-state index is 0.0145. The van der Waals surface area contributed by atoms with E-state index in [4.69, 9.17) is 4.74 Å². The van der Waals surface area contributed by atoms with Crippen molar-refractivity contribution in [2.45, 2.75) is 45.1 Å². The molecular weight excluding hydrogens is 324 g/mol. The van der Waals surface area contributed by atoms with Crippen LogP contribution in [0.5, 0.6) is 5.75 Å². The van der Waals surface area contributed by atoms with Crippen LogP contribution in [0.15, 0.2) is 42.5 Å². The molecule has 0 bridgehead atoms. The van der Waals surface area contributed by atoms with E-state index in [0.717, 1.165) is 24.1 Å². The first-order valence-corrected chi connectivity index (χ1v) is 9.92. The standard InChI is InChI=1S/C22H30N2O2/c1-2-21(22(25)23-13-8-16-24-14-6-3-7-15-24)26-20-12-11-18-9-4-5-10-19(18)17-20/h4-5,9-12,17,21H,2-3,6-8,13-16H2,1H3,(H,23,25). The summed E-state index contributed by atoms with van der Waals surface area (Å²) in [4.78, 5) is 14.9. The van der Waals surface area contributed by atoms with E-state index in [0.29, 0.717) is 13.0 Å². The number of fused-ring (bicyclic) bond motifs is 1. The number of hydrogen-bond donors (Lipinski definition) is 1. The maximum Gasteiger partial charge on any atom is 0.261 e. The van der Waals surface area contributed by atoms with E-state index in [1.54, 1.807) is 0 Å². The first-order valence-electron chi connectivity index (χ1n) is 9.92. The zero-order chi connectivity index (χ0) is 18.2. The number of hydrogen-bond acceptors (Lipinski definition) is 3. The van der Waals surface area contributed by atoms with Crippen molar-refractivity contribution in [3.63, 3.8) is 0 Å². The van der Waals surface area contributed by atoms with Crippen molar-refractivity contribution in [3.05, 3.63) is 42.5 Å².